The van der Waals surface area contributed by atoms with E-state index in [0.717, 1.165) is 28.2 Å². The first kappa shape index (κ1) is 20.0. The summed E-state index contributed by atoms with van der Waals surface area (Å²) in [6, 6.07) is 5.27. The lowest BCUT2D eigenvalue weighted by Crippen LogP contribution is -2.42. The van der Waals surface area contributed by atoms with E-state index < -0.39 is 30.3 Å². The number of aryl methyl sites for hydroxylation is 2. The van der Waals surface area contributed by atoms with E-state index in [4.69, 9.17) is 0 Å². The Kier molecular flexibility index (Phi) is 5.82. The number of amides is 5. The van der Waals surface area contributed by atoms with Crippen LogP contribution in [0.5, 0.6) is 0 Å². The average Bonchev–Trinajstić information content (AvgIpc) is 2.85. The van der Waals surface area contributed by atoms with Crippen molar-refractivity contribution < 1.29 is 19.2 Å². The molecule has 0 radical (unpaired) electrons. The highest BCUT2D eigenvalue weighted by Gasteiger charge is 2.45. The maximum atomic E-state index is 12.4. The highest BCUT2D eigenvalue weighted by atomic mass is 16.2. The summed E-state index contributed by atoms with van der Waals surface area (Å²) in [5.74, 6) is -2.24. The third-order valence-corrected chi connectivity index (χ3v) is 5.23. The van der Waals surface area contributed by atoms with Gasteiger partial charge < -0.3 is 5.32 Å². The summed E-state index contributed by atoms with van der Waals surface area (Å²) < 4.78 is 0. The zero-order chi connectivity index (χ0) is 20.4. The fourth-order valence-electron chi connectivity index (χ4n) is 3.75. The van der Waals surface area contributed by atoms with E-state index >= 15 is 0 Å². The summed E-state index contributed by atoms with van der Waals surface area (Å²) in [5, 5.41) is 2.83. The normalized spacial score (nSPS) is 17.9. The minimum Gasteiger partial charge on any atom is -0.348 e. The molecule has 2 aliphatic rings. The Labute approximate surface area is 165 Å². The van der Waals surface area contributed by atoms with Crippen molar-refractivity contribution in [2.45, 2.75) is 52.5 Å². The van der Waals surface area contributed by atoms with E-state index in [9.17, 15) is 19.2 Å². The van der Waals surface area contributed by atoms with Gasteiger partial charge in [0.25, 0.3) is 0 Å². The fourth-order valence-corrected chi connectivity index (χ4v) is 3.75. The highest BCUT2D eigenvalue weighted by molar-refractivity contribution is 6.45. The maximum absolute atomic E-state index is 12.4. The minimum atomic E-state index is -0.942. The molecule has 1 aromatic carbocycles. The molecule has 1 atom stereocenters. The van der Waals surface area contributed by atoms with Crippen LogP contribution in [0.4, 0.5) is 4.79 Å². The first-order valence-electron chi connectivity index (χ1n) is 9.86. The van der Waals surface area contributed by atoms with Gasteiger partial charge in [0.15, 0.2) is 0 Å². The van der Waals surface area contributed by atoms with Gasteiger partial charge in [0.05, 0.1) is 6.04 Å². The minimum absolute atomic E-state index is 0.0403. The van der Waals surface area contributed by atoms with Crippen LogP contribution in [0.2, 0.25) is 0 Å². The van der Waals surface area contributed by atoms with Gasteiger partial charge in [0.1, 0.15) is 6.54 Å². The first-order valence-corrected chi connectivity index (χ1v) is 9.86. The molecule has 1 heterocycles. The lowest BCUT2D eigenvalue weighted by molar-refractivity contribution is -0.144. The zero-order valence-electron chi connectivity index (χ0n) is 16.7. The molecule has 1 aliphatic heterocycles. The number of imide groups is 2. The van der Waals surface area contributed by atoms with Crippen LogP contribution in [0.1, 0.15) is 56.3 Å². The Morgan fingerprint density at radius 1 is 1.00 bits per heavy atom. The van der Waals surface area contributed by atoms with E-state index in [0.29, 0.717) is 0 Å². The summed E-state index contributed by atoms with van der Waals surface area (Å²) in [5.41, 5.74) is 3.68. The predicted molar refractivity (Wildman–Crippen MR) is 103 cm³/mol. The van der Waals surface area contributed by atoms with Crippen molar-refractivity contribution in [2.24, 2.45) is 5.92 Å². The fraction of sp³-hybridized carbons (Fsp3) is 0.524. The number of hydrogen-bond donors (Lipinski definition) is 1. The second kappa shape index (κ2) is 8.12. The van der Waals surface area contributed by atoms with Crippen molar-refractivity contribution in [2.75, 3.05) is 13.1 Å². The summed E-state index contributed by atoms with van der Waals surface area (Å²) in [6.45, 7) is 5.27. The summed E-state index contributed by atoms with van der Waals surface area (Å²) in [6.07, 6.45) is 4.53. The van der Waals surface area contributed by atoms with Crippen molar-refractivity contribution in [3.8, 4) is 0 Å². The zero-order valence-corrected chi connectivity index (χ0v) is 16.7. The quantitative estimate of drug-likeness (QED) is 0.601. The number of benzene rings is 1. The second-order valence-electron chi connectivity index (χ2n) is 8.01. The molecule has 28 heavy (non-hydrogen) atoms. The summed E-state index contributed by atoms with van der Waals surface area (Å²) in [7, 11) is 0. The number of carbonyl (C=O) groups is 4. The maximum Gasteiger partial charge on any atom is 0.334 e. The molecule has 1 aliphatic carbocycles. The second-order valence-corrected chi connectivity index (χ2v) is 8.01. The molecule has 1 fully saturated rings. The molecule has 0 aromatic heterocycles. The van der Waals surface area contributed by atoms with Gasteiger partial charge in [-0.05, 0) is 55.2 Å². The number of urea groups is 1. The largest absolute Gasteiger partial charge is 0.348 e. The first-order chi connectivity index (χ1) is 13.3. The summed E-state index contributed by atoms with van der Waals surface area (Å²) >= 11 is 0. The van der Waals surface area contributed by atoms with Crippen molar-refractivity contribution in [1.29, 1.82) is 0 Å². The van der Waals surface area contributed by atoms with Crippen molar-refractivity contribution in [3.63, 3.8) is 0 Å². The number of carbonyl (C=O) groups excluding carboxylic acids is 4. The molecule has 5 amide bonds. The van der Waals surface area contributed by atoms with Crippen LogP contribution in [0.3, 0.4) is 0 Å². The third kappa shape index (κ3) is 4.08. The lowest BCUT2D eigenvalue weighted by Gasteiger charge is -2.21. The number of nitrogens with zero attached hydrogens (tertiary/aromatic N) is 2. The molecular formula is C21H27N3O4. The van der Waals surface area contributed by atoms with Crippen LogP contribution < -0.4 is 5.32 Å². The molecule has 0 spiro atoms. The van der Waals surface area contributed by atoms with Gasteiger partial charge in [-0.2, -0.15) is 0 Å². The van der Waals surface area contributed by atoms with Crippen molar-refractivity contribution in [3.05, 3.63) is 34.9 Å². The lowest BCUT2D eigenvalue weighted by atomic mass is 9.89. The molecule has 1 unspecified atom stereocenters. The molecule has 0 bridgehead atoms. The molecule has 7 heteroatoms. The highest BCUT2D eigenvalue weighted by Crippen LogP contribution is 2.25. The Morgan fingerprint density at radius 3 is 2.32 bits per heavy atom. The third-order valence-electron chi connectivity index (χ3n) is 5.23. The monoisotopic (exact) mass is 385 g/mol. The molecule has 1 N–H and O–H groups in total. The Balaban J connectivity index is 1.63. The molecule has 3 rings (SSSR count). The average molecular weight is 385 g/mol. The number of hydrogen-bond acceptors (Lipinski definition) is 4. The van der Waals surface area contributed by atoms with Crippen LogP contribution in [0, 0.1) is 5.92 Å². The van der Waals surface area contributed by atoms with Gasteiger partial charge in [-0.3, -0.25) is 19.3 Å². The van der Waals surface area contributed by atoms with Gasteiger partial charge in [-0.15, -0.1) is 0 Å². The van der Waals surface area contributed by atoms with Crippen LogP contribution in [0.25, 0.3) is 0 Å². The van der Waals surface area contributed by atoms with Gasteiger partial charge in [0, 0.05) is 6.54 Å². The predicted octanol–water partition coefficient (Wildman–Crippen LogP) is 2.19. The Hall–Kier alpha value is -2.70. The number of fused-ring (bicyclic) bond motifs is 1. The summed E-state index contributed by atoms with van der Waals surface area (Å²) in [4.78, 5) is 50.5. The SMILES string of the molecule is CC(C)CN1C(=O)C(=O)N(CC(=O)NC(C)c2ccc3c(c2)CCCC3)C1=O. The van der Waals surface area contributed by atoms with Crippen molar-refractivity contribution in [1.82, 2.24) is 15.1 Å². The van der Waals surface area contributed by atoms with E-state index in [2.05, 4.69) is 17.4 Å². The molecule has 150 valence electrons. The van der Waals surface area contributed by atoms with Gasteiger partial charge in [-0.1, -0.05) is 32.0 Å². The number of rotatable bonds is 6. The van der Waals surface area contributed by atoms with Crippen LogP contribution in [-0.4, -0.2) is 46.6 Å². The van der Waals surface area contributed by atoms with Crippen molar-refractivity contribution >= 4 is 23.8 Å². The standard InChI is InChI=1S/C21H27N3O4/c1-13(2)11-23-19(26)20(27)24(21(23)28)12-18(25)22-14(3)16-9-8-15-6-4-5-7-17(15)10-16/h8-10,13-14H,4-7,11-12H2,1-3H3,(H,22,25). The Bertz CT molecular complexity index is 818. The Morgan fingerprint density at radius 2 is 1.64 bits per heavy atom. The number of nitrogens with one attached hydrogen (secondary N) is 1. The van der Waals surface area contributed by atoms with Crippen LogP contribution in [0.15, 0.2) is 18.2 Å². The van der Waals surface area contributed by atoms with E-state index in [1.54, 1.807) is 0 Å². The molecule has 1 aromatic rings. The van der Waals surface area contributed by atoms with E-state index in [1.165, 1.54) is 24.0 Å². The van der Waals surface area contributed by atoms with Crippen LogP contribution >= 0.6 is 0 Å². The molecule has 7 nitrogen and oxygen atoms in total. The van der Waals surface area contributed by atoms with Gasteiger partial charge in [-0.25, -0.2) is 9.69 Å². The molecule has 1 saturated heterocycles. The topological polar surface area (TPSA) is 86.8 Å². The molecule has 0 saturated carbocycles. The van der Waals surface area contributed by atoms with Gasteiger partial charge in [0.2, 0.25) is 5.91 Å². The van der Waals surface area contributed by atoms with Crippen LogP contribution in [-0.2, 0) is 27.2 Å². The van der Waals surface area contributed by atoms with E-state index in [1.807, 2.05) is 26.8 Å². The smallest absolute Gasteiger partial charge is 0.334 e. The van der Waals surface area contributed by atoms with Gasteiger partial charge >= 0.3 is 17.8 Å². The molecular weight excluding hydrogens is 358 g/mol. The van der Waals surface area contributed by atoms with E-state index in [-0.39, 0.29) is 18.5 Å².